The van der Waals surface area contributed by atoms with Crippen LogP contribution in [0.4, 0.5) is 0 Å². The molecule has 0 aliphatic carbocycles. The smallest absolute Gasteiger partial charge is 0.188 e. The van der Waals surface area contributed by atoms with E-state index in [9.17, 15) is 8.42 Å². The lowest BCUT2D eigenvalue weighted by atomic mass is 10.5. The predicted octanol–water partition coefficient (Wildman–Crippen LogP) is 0.463. The minimum Gasteiger partial charge on any atom is -0.476 e. The Balaban J connectivity index is 2.56. The lowest BCUT2D eigenvalue weighted by Crippen LogP contribution is -2.09. The number of pyridine rings is 1. The van der Waals surface area contributed by atoms with Gasteiger partial charge in [0.05, 0.1) is 6.20 Å². The highest BCUT2D eigenvalue weighted by molar-refractivity contribution is 7.90. The molecular formula is C7H9NO3S. The van der Waals surface area contributed by atoms with Crippen LogP contribution < -0.4 is 4.74 Å². The molecule has 0 fully saturated rings. The summed E-state index contributed by atoms with van der Waals surface area (Å²) in [7, 11) is -3.07. The molecule has 1 aromatic rings. The van der Waals surface area contributed by atoms with Crippen LogP contribution in [0, 0.1) is 0 Å². The van der Waals surface area contributed by atoms with Crippen molar-refractivity contribution in [1.29, 1.82) is 0 Å². The Morgan fingerprint density at radius 3 is 2.83 bits per heavy atom. The molecule has 0 N–H and O–H groups in total. The lowest BCUT2D eigenvalue weighted by molar-refractivity contribution is 0.376. The Morgan fingerprint density at radius 2 is 2.33 bits per heavy atom. The quantitative estimate of drug-likeness (QED) is 0.690. The molecule has 12 heavy (non-hydrogen) atoms. The van der Waals surface area contributed by atoms with Crippen LogP contribution in [0.1, 0.15) is 0 Å². The largest absolute Gasteiger partial charge is 0.476 e. The molecule has 66 valence electrons. The van der Waals surface area contributed by atoms with Crippen LogP contribution in [0.25, 0.3) is 0 Å². The molecule has 0 aromatic carbocycles. The lowest BCUT2D eigenvalue weighted by Gasteiger charge is -2.02. The summed E-state index contributed by atoms with van der Waals surface area (Å²) in [4.78, 5) is 3.77. The first kappa shape index (κ1) is 8.99. The van der Waals surface area contributed by atoms with Gasteiger partial charge in [-0.25, -0.2) is 8.42 Å². The first-order valence-electron chi connectivity index (χ1n) is 3.28. The zero-order valence-corrected chi connectivity index (χ0v) is 7.41. The van der Waals surface area contributed by atoms with Crippen molar-refractivity contribution in [2.75, 3.05) is 12.2 Å². The Bertz CT molecular complexity index is 333. The molecule has 4 nitrogen and oxygen atoms in total. The third-order valence-corrected chi connectivity index (χ3v) is 1.62. The van der Waals surface area contributed by atoms with E-state index in [4.69, 9.17) is 4.74 Å². The van der Waals surface area contributed by atoms with Gasteiger partial charge in [-0.2, -0.15) is 0 Å². The standard InChI is InChI=1S/C7H9NO3S/c1-12(9,10)6-11-7-3-2-4-8-5-7/h2-5H,6H2,1H3. The minimum absolute atomic E-state index is 0.307. The van der Waals surface area contributed by atoms with E-state index in [2.05, 4.69) is 4.98 Å². The molecule has 0 radical (unpaired) electrons. The van der Waals surface area contributed by atoms with E-state index in [-0.39, 0.29) is 5.94 Å². The number of ether oxygens (including phenoxy) is 1. The van der Waals surface area contributed by atoms with Gasteiger partial charge in [0.2, 0.25) is 0 Å². The molecule has 0 spiro atoms. The van der Waals surface area contributed by atoms with Gasteiger partial charge in [-0.1, -0.05) is 0 Å². The molecule has 0 unspecified atom stereocenters. The fraction of sp³-hybridized carbons (Fsp3) is 0.286. The van der Waals surface area contributed by atoms with Crippen LogP contribution in [0.3, 0.4) is 0 Å². The molecule has 5 heteroatoms. The number of nitrogens with zero attached hydrogens (tertiary/aromatic N) is 1. The van der Waals surface area contributed by atoms with Crippen LogP contribution in [-0.2, 0) is 9.84 Å². The number of aromatic nitrogens is 1. The van der Waals surface area contributed by atoms with E-state index in [0.29, 0.717) is 5.75 Å². The van der Waals surface area contributed by atoms with E-state index >= 15 is 0 Å². The summed E-state index contributed by atoms with van der Waals surface area (Å²) in [6, 6.07) is 3.33. The van der Waals surface area contributed by atoms with Gasteiger partial charge >= 0.3 is 0 Å². The van der Waals surface area contributed by atoms with E-state index in [1.165, 1.54) is 6.20 Å². The molecule has 1 heterocycles. The normalized spacial score (nSPS) is 11.1. The third-order valence-electron chi connectivity index (χ3n) is 1.07. The van der Waals surface area contributed by atoms with Crippen LogP contribution in [0.5, 0.6) is 5.75 Å². The van der Waals surface area contributed by atoms with Gasteiger partial charge in [0.25, 0.3) is 0 Å². The van der Waals surface area contributed by atoms with Gasteiger partial charge < -0.3 is 4.74 Å². The highest BCUT2D eigenvalue weighted by Gasteiger charge is 2.01. The Labute approximate surface area is 71.1 Å². The summed E-state index contributed by atoms with van der Waals surface area (Å²) in [6.07, 6.45) is 4.17. The van der Waals surface area contributed by atoms with Crippen molar-refractivity contribution in [2.24, 2.45) is 0 Å². The van der Waals surface area contributed by atoms with Crippen molar-refractivity contribution in [3.63, 3.8) is 0 Å². The van der Waals surface area contributed by atoms with Crippen molar-refractivity contribution in [2.45, 2.75) is 0 Å². The van der Waals surface area contributed by atoms with Crippen LogP contribution in [-0.4, -0.2) is 25.6 Å². The number of rotatable bonds is 3. The second-order valence-electron chi connectivity index (χ2n) is 2.38. The van der Waals surface area contributed by atoms with Crippen LogP contribution in [0.2, 0.25) is 0 Å². The molecule has 0 aliphatic rings. The fourth-order valence-corrected chi connectivity index (χ4v) is 0.958. The van der Waals surface area contributed by atoms with Gasteiger partial charge in [0.15, 0.2) is 15.8 Å². The molecular weight excluding hydrogens is 178 g/mol. The predicted molar refractivity (Wildman–Crippen MR) is 44.6 cm³/mol. The molecule has 0 aliphatic heterocycles. The molecule has 1 rings (SSSR count). The van der Waals surface area contributed by atoms with Gasteiger partial charge in [-0.05, 0) is 12.1 Å². The summed E-state index contributed by atoms with van der Waals surface area (Å²) in [5.74, 6) is 0.154. The van der Waals surface area contributed by atoms with Gasteiger partial charge in [-0.3, -0.25) is 4.98 Å². The summed E-state index contributed by atoms with van der Waals surface area (Å²) in [5, 5.41) is 0. The van der Waals surface area contributed by atoms with Crippen LogP contribution in [0.15, 0.2) is 24.5 Å². The number of sulfone groups is 1. The summed E-state index contributed by atoms with van der Waals surface area (Å²) >= 11 is 0. The zero-order valence-electron chi connectivity index (χ0n) is 6.60. The molecule has 1 aromatic heterocycles. The first-order valence-corrected chi connectivity index (χ1v) is 5.34. The Kier molecular flexibility index (Phi) is 2.65. The van der Waals surface area contributed by atoms with Crippen LogP contribution >= 0.6 is 0 Å². The molecule has 0 bridgehead atoms. The molecule has 0 saturated carbocycles. The zero-order chi connectivity index (χ0) is 9.03. The second kappa shape index (κ2) is 3.53. The van der Waals surface area contributed by atoms with E-state index in [1.54, 1.807) is 18.3 Å². The topological polar surface area (TPSA) is 56.3 Å². The SMILES string of the molecule is CS(=O)(=O)COc1cccnc1. The first-order chi connectivity index (χ1) is 5.58. The summed E-state index contributed by atoms with van der Waals surface area (Å²) in [6.45, 7) is 0. The number of hydrogen-bond donors (Lipinski definition) is 0. The molecule has 0 amide bonds. The second-order valence-corrected chi connectivity index (χ2v) is 4.46. The van der Waals surface area contributed by atoms with E-state index < -0.39 is 9.84 Å². The highest BCUT2D eigenvalue weighted by Crippen LogP contribution is 2.06. The maximum atomic E-state index is 10.7. The molecule has 0 atom stereocenters. The van der Waals surface area contributed by atoms with Crippen molar-refractivity contribution in [3.8, 4) is 5.75 Å². The van der Waals surface area contributed by atoms with Crippen molar-refractivity contribution < 1.29 is 13.2 Å². The summed E-state index contributed by atoms with van der Waals surface area (Å²) in [5.41, 5.74) is 0. The third kappa shape index (κ3) is 3.34. The van der Waals surface area contributed by atoms with E-state index in [1.807, 2.05) is 0 Å². The maximum absolute atomic E-state index is 10.7. The Hall–Kier alpha value is -1.10. The van der Waals surface area contributed by atoms with E-state index in [0.717, 1.165) is 6.26 Å². The monoisotopic (exact) mass is 187 g/mol. The number of hydrogen-bond acceptors (Lipinski definition) is 4. The maximum Gasteiger partial charge on any atom is 0.188 e. The Morgan fingerprint density at radius 1 is 1.58 bits per heavy atom. The minimum atomic E-state index is -3.07. The average Bonchev–Trinajstić information content (AvgIpc) is 2.02. The average molecular weight is 187 g/mol. The highest BCUT2D eigenvalue weighted by atomic mass is 32.2. The van der Waals surface area contributed by atoms with Gasteiger partial charge in [0.1, 0.15) is 5.75 Å². The van der Waals surface area contributed by atoms with Gasteiger partial charge in [0, 0.05) is 12.5 Å². The van der Waals surface area contributed by atoms with Gasteiger partial charge in [-0.15, -0.1) is 0 Å². The summed E-state index contributed by atoms with van der Waals surface area (Å²) < 4.78 is 26.2. The fourth-order valence-electron chi connectivity index (χ4n) is 0.608. The van der Waals surface area contributed by atoms with Crippen molar-refractivity contribution in [3.05, 3.63) is 24.5 Å². The van der Waals surface area contributed by atoms with Crippen molar-refractivity contribution >= 4 is 9.84 Å². The van der Waals surface area contributed by atoms with Crippen molar-refractivity contribution in [1.82, 2.24) is 4.98 Å². The molecule has 0 saturated heterocycles.